The maximum Gasteiger partial charge on any atom is 0.0607 e. The third-order valence-electron chi connectivity index (χ3n) is 1.62. The van der Waals surface area contributed by atoms with E-state index >= 15 is 0 Å². The number of hydrogen-bond acceptors (Lipinski definition) is 3. The van der Waals surface area contributed by atoms with Crippen LogP contribution in [0.1, 0.15) is 6.92 Å². The molecule has 0 aliphatic heterocycles. The summed E-state index contributed by atoms with van der Waals surface area (Å²) in [6, 6.07) is 3.12. The van der Waals surface area contributed by atoms with Crippen molar-refractivity contribution in [2.75, 3.05) is 0 Å². The van der Waals surface area contributed by atoms with Crippen LogP contribution in [0.5, 0.6) is 0 Å². The molecule has 3 nitrogen and oxygen atoms in total. The van der Waals surface area contributed by atoms with Gasteiger partial charge in [-0.05, 0) is 23.9 Å². The lowest BCUT2D eigenvalue weighted by Gasteiger charge is -2.15. The van der Waals surface area contributed by atoms with Gasteiger partial charge in [-0.2, -0.15) is 0 Å². The smallest absolute Gasteiger partial charge is 0.0607 e. The second-order valence-electron chi connectivity index (χ2n) is 2.95. The molecule has 0 spiro atoms. The molecule has 0 radical (unpaired) electrons. The summed E-state index contributed by atoms with van der Waals surface area (Å²) >= 11 is 18.8. The van der Waals surface area contributed by atoms with Crippen LogP contribution >= 0.6 is 46.6 Å². The van der Waals surface area contributed by atoms with Crippen molar-refractivity contribution in [2.45, 2.75) is 17.1 Å². The number of hydrogen-bond donors (Lipinski definition) is 0. The van der Waals surface area contributed by atoms with E-state index < -0.39 is 4.92 Å². The van der Waals surface area contributed by atoms with Gasteiger partial charge in [-0.1, -0.05) is 41.7 Å². The highest BCUT2D eigenvalue weighted by atomic mass is 35.5. The van der Waals surface area contributed by atoms with E-state index in [-0.39, 0.29) is 5.25 Å². The quantitative estimate of drug-likeness (QED) is 0.269. The molecule has 0 aromatic heterocycles. The van der Waals surface area contributed by atoms with Crippen LogP contribution in [-0.4, -0.2) is 10.2 Å². The monoisotopic (exact) mass is 298 g/mol. The van der Waals surface area contributed by atoms with E-state index in [1.165, 1.54) is 17.8 Å². The Morgan fingerprint density at radius 2 is 1.88 bits per heavy atom. The fourth-order valence-corrected chi connectivity index (χ4v) is 2.66. The average Bonchev–Trinajstić information content (AvgIpc) is 2.12. The molecule has 1 atom stereocenters. The second kappa shape index (κ2) is 5.87. The molecule has 0 aliphatic rings. The van der Waals surface area contributed by atoms with Crippen molar-refractivity contribution in [1.82, 2.24) is 0 Å². The zero-order valence-corrected chi connectivity index (χ0v) is 11.2. The Labute approximate surface area is 112 Å². The molecule has 0 aliphatic carbocycles. The number of benzene rings is 1. The average molecular weight is 300 g/mol. The third-order valence-corrected chi connectivity index (χ3v) is 3.85. The predicted molar refractivity (Wildman–Crippen MR) is 68.1 cm³/mol. The molecule has 0 N–H and O–H groups in total. The molecule has 1 aromatic rings. The Bertz CT molecular complexity index is 414. The molecule has 88 valence electrons. The number of rotatable bonds is 4. The van der Waals surface area contributed by atoms with Crippen molar-refractivity contribution < 1.29 is 4.92 Å². The van der Waals surface area contributed by atoms with E-state index in [1.807, 2.05) is 0 Å². The molecule has 7 heteroatoms. The summed E-state index contributed by atoms with van der Waals surface area (Å²) in [5.41, 5.74) is 0. The molecular weight excluding hydrogens is 293 g/mol. The van der Waals surface area contributed by atoms with Gasteiger partial charge in [0, 0.05) is 4.90 Å². The first kappa shape index (κ1) is 13.8. The van der Waals surface area contributed by atoms with Crippen molar-refractivity contribution in [3.8, 4) is 0 Å². The van der Waals surface area contributed by atoms with Gasteiger partial charge >= 0.3 is 0 Å². The third kappa shape index (κ3) is 3.94. The Hall–Kier alpha value is -0.290. The van der Waals surface area contributed by atoms with Gasteiger partial charge < -0.3 is 0 Å². The van der Waals surface area contributed by atoms with Crippen molar-refractivity contribution in [3.63, 3.8) is 0 Å². The molecule has 0 heterocycles. The van der Waals surface area contributed by atoms with E-state index in [0.717, 1.165) is 6.54 Å². The van der Waals surface area contributed by atoms with Crippen LogP contribution in [0.2, 0.25) is 15.1 Å². The SMILES string of the molecule is CC([CH-][N+](=O)[O-])Sc1cc(Cl)c(Cl)cc1Cl. The normalized spacial score (nSPS) is 12.2. The van der Waals surface area contributed by atoms with Crippen LogP contribution in [-0.2, 0) is 0 Å². The molecule has 1 rings (SSSR count). The summed E-state index contributed by atoms with van der Waals surface area (Å²) in [4.78, 5) is 10.4. The maximum atomic E-state index is 10.3. The Balaban J connectivity index is 2.81. The molecular formula is C9H7Cl3NO2S-. The van der Waals surface area contributed by atoms with E-state index in [2.05, 4.69) is 0 Å². The van der Waals surface area contributed by atoms with E-state index in [0.29, 0.717) is 20.0 Å². The van der Waals surface area contributed by atoms with Crippen molar-refractivity contribution in [1.29, 1.82) is 0 Å². The lowest BCUT2D eigenvalue weighted by Crippen LogP contribution is -2.05. The summed E-state index contributed by atoms with van der Waals surface area (Å²) in [5, 5.41) is 11.1. The van der Waals surface area contributed by atoms with Gasteiger partial charge in [0.2, 0.25) is 0 Å². The van der Waals surface area contributed by atoms with Crippen molar-refractivity contribution in [2.24, 2.45) is 0 Å². The maximum absolute atomic E-state index is 10.3. The van der Waals surface area contributed by atoms with Crippen LogP contribution in [0.3, 0.4) is 0 Å². The largest absolute Gasteiger partial charge is 0.295 e. The first-order valence-corrected chi connectivity index (χ1v) is 6.21. The zero-order valence-electron chi connectivity index (χ0n) is 8.12. The molecule has 16 heavy (non-hydrogen) atoms. The standard InChI is InChI=1S/C9H7Cl3NO2S/c1-5(4-13(14)15)16-9-3-7(11)6(10)2-8(9)12/h2-5H,1H3/q-1. The first-order valence-electron chi connectivity index (χ1n) is 4.20. The predicted octanol–water partition coefficient (Wildman–Crippen LogP) is 4.57. The van der Waals surface area contributed by atoms with Gasteiger partial charge in [-0.3, -0.25) is 10.1 Å². The number of halogens is 3. The Morgan fingerprint density at radius 1 is 1.31 bits per heavy atom. The zero-order chi connectivity index (χ0) is 12.3. The van der Waals surface area contributed by atoms with Gasteiger partial charge in [-0.15, -0.1) is 16.7 Å². The highest BCUT2D eigenvalue weighted by Gasteiger charge is 2.09. The summed E-state index contributed by atoms with van der Waals surface area (Å²) in [6.07, 6.45) is 0. The van der Waals surface area contributed by atoms with Crippen LogP contribution in [0.4, 0.5) is 0 Å². The fourth-order valence-electron chi connectivity index (χ4n) is 0.997. The van der Waals surface area contributed by atoms with Crippen LogP contribution < -0.4 is 0 Å². The fraction of sp³-hybridized carbons (Fsp3) is 0.222. The molecule has 0 saturated heterocycles. The van der Waals surface area contributed by atoms with Gasteiger partial charge in [0.25, 0.3) is 0 Å². The van der Waals surface area contributed by atoms with Gasteiger partial charge in [0.05, 0.1) is 15.1 Å². The molecule has 1 aromatic carbocycles. The molecule has 0 bridgehead atoms. The van der Waals surface area contributed by atoms with Crippen molar-refractivity contribution in [3.05, 3.63) is 43.9 Å². The highest BCUT2D eigenvalue weighted by Crippen LogP contribution is 2.36. The number of thioether (sulfide) groups is 1. The van der Waals surface area contributed by atoms with Crippen molar-refractivity contribution >= 4 is 46.6 Å². The van der Waals surface area contributed by atoms with E-state index in [4.69, 9.17) is 34.8 Å². The topological polar surface area (TPSA) is 43.1 Å². The lowest BCUT2D eigenvalue weighted by molar-refractivity contribution is -0.436. The second-order valence-corrected chi connectivity index (χ2v) is 5.59. The van der Waals surface area contributed by atoms with E-state index in [1.54, 1.807) is 13.0 Å². The van der Waals surface area contributed by atoms with Gasteiger partial charge in [0.1, 0.15) is 0 Å². The van der Waals surface area contributed by atoms with Gasteiger partial charge in [-0.25, -0.2) is 0 Å². The molecule has 0 fully saturated rings. The summed E-state index contributed by atoms with van der Waals surface area (Å²) in [7, 11) is 0. The number of nitrogens with zero attached hydrogens (tertiary/aromatic N) is 1. The summed E-state index contributed by atoms with van der Waals surface area (Å²) < 4.78 is 0. The Kier molecular flexibility index (Phi) is 5.05. The minimum absolute atomic E-state index is 0.301. The summed E-state index contributed by atoms with van der Waals surface area (Å²) in [5.74, 6) is 0. The lowest BCUT2D eigenvalue weighted by atomic mass is 10.4. The highest BCUT2D eigenvalue weighted by molar-refractivity contribution is 8.00. The van der Waals surface area contributed by atoms with Crippen LogP contribution in [0, 0.1) is 16.7 Å². The minimum Gasteiger partial charge on any atom is -0.295 e. The Morgan fingerprint density at radius 3 is 2.44 bits per heavy atom. The van der Waals surface area contributed by atoms with Gasteiger partial charge in [0.15, 0.2) is 0 Å². The molecule has 0 saturated carbocycles. The molecule has 0 amide bonds. The first-order chi connectivity index (χ1) is 7.40. The summed E-state index contributed by atoms with van der Waals surface area (Å²) in [6.45, 7) is 2.69. The molecule has 1 unspecified atom stereocenters. The van der Waals surface area contributed by atoms with Crippen LogP contribution in [0.25, 0.3) is 0 Å². The minimum atomic E-state index is -0.483. The van der Waals surface area contributed by atoms with E-state index in [9.17, 15) is 10.1 Å². The van der Waals surface area contributed by atoms with Crippen LogP contribution in [0.15, 0.2) is 17.0 Å². The number of nitro groups is 1.